The van der Waals surface area contributed by atoms with Crippen molar-refractivity contribution in [3.63, 3.8) is 0 Å². The second kappa shape index (κ2) is 6.58. The Labute approximate surface area is 158 Å². The number of hydrogen-bond donors (Lipinski definition) is 0. The van der Waals surface area contributed by atoms with Gasteiger partial charge in [-0.3, -0.25) is 9.36 Å². The Morgan fingerprint density at radius 2 is 1.85 bits per heavy atom. The van der Waals surface area contributed by atoms with Gasteiger partial charge < -0.3 is 9.30 Å². The number of imidazole rings is 1. The van der Waals surface area contributed by atoms with E-state index in [2.05, 4.69) is 16.5 Å². The van der Waals surface area contributed by atoms with Gasteiger partial charge in [-0.15, -0.1) is 0 Å². The van der Waals surface area contributed by atoms with E-state index in [0.717, 1.165) is 33.2 Å². The van der Waals surface area contributed by atoms with Crippen LogP contribution in [0.15, 0.2) is 42.5 Å². The monoisotopic (exact) mass is 361 g/mol. The number of ether oxygens (including phenoxy) is 1. The maximum absolute atomic E-state index is 13.6. The van der Waals surface area contributed by atoms with Gasteiger partial charge in [-0.2, -0.15) is 0 Å². The standard InChI is InChI=1S/C22H23N3O2/c1-5-24-19-12-11-16(27-6-2)13-17(19)14(3)21(24)22(26)25-15(4)23-18-9-7-8-10-20(18)25/h7-13H,5-6H2,1-4H3. The minimum atomic E-state index is -0.0466. The molecule has 5 heteroatoms. The van der Waals surface area contributed by atoms with Crippen LogP contribution in [0.25, 0.3) is 21.9 Å². The first-order chi connectivity index (χ1) is 13.1. The Morgan fingerprint density at radius 3 is 2.59 bits per heavy atom. The number of fused-ring (bicyclic) bond motifs is 2. The molecule has 2 aromatic heterocycles. The molecule has 0 N–H and O–H groups in total. The molecule has 0 saturated carbocycles. The van der Waals surface area contributed by atoms with Gasteiger partial charge in [-0.05, 0) is 63.6 Å². The third-order valence-electron chi connectivity index (χ3n) is 5.05. The second-order valence-electron chi connectivity index (χ2n) is 6.62. The van der Waals surface area contributed by atoms with Crippen molar-refractivity contribution in [2.75, 3.05) is 6.61 Å². The zero-order chi connectivity index (χ0) is 19.1. The molecule has 5 nitrogen and oxygen atoms in total. The maximum atomic E-state index is 13.6. The SMILES string of the molecule is CCOc1ccc2c(c1)c(C)c(C(=O)n1c(C)nc3ccccc31)n2CC. The molecule has 27 heavy (non-hydrogen) atoms. The zero-order valence-corrected chi connectivity index (χ0v) is 16.1. The molecule has 138 valence electrons. The molecule has 0 spiro atoms. The van der Waals surface area contributed by atoms with E-state index in [4.69, 9.17) is 4.74 Å². The highest BCUT2D eigenvalue weighted by Crippen LogP contribution is 2.30. The van der Waals surface area contributed by atoms with Crippen molar-refractivity contribution in [1.29, 1.82) is 0 Å². The normalized spacial score (nSPS) is 11.4. The number of benzene rings is 2. The molecule has 2 heterocycles. The largest absolute Gasteiger partial charge is 0.494 e. The number of aryl methyl sites for hydroxylation is 3. The Kier molecular flexibility index (Phi) is 4.22. The summed E-state index contributed by atoms with van der Waals surface area (Å²) in [5, 5.41) is 1.05. The smallest absolute Gasteiger partial charge is 0.280 e. The average Bonchev–Trinajstić information content (AvgIpc) is 3.15. The molecule has 0 bridgehead atoms. The summed E-state index contributed by atoms with van der Waals surface area (Å²) in [5.74, 6) is 1.47. The molecule has 0 radical (unpaired) electrons. The fourth-order valence-electron chi connectivity index (χ4n) is 3.87. The van der Waals surface area contributed by atoms with E-state index < -0.39 is 0 Å². The van der Waals surface area contributed by atoms with Crippen LogP contribution in [-0.4, -0.2) is 26.6 Å². The van der Waals surface area contributed by atoms with Crippen molar-refractivity contribution in [3.05, 3.63) is 59.5 Å². The Morgan fingerprint density at radius 1 is 1.07 bits per heavy atom. The minimum Gasteiger partial charge on any atom is -0.494 e. The first-order valence-electron chi connectivity index (χ1n) is 9.31. The molecule has 2 aromatic carbocycles. The number of carbonyl (C=O) groups is 1. The van der Waals surface area contributed by atoms with Crippen LogP contribution in [0.3, 0.4) is 0 Å². The van der Waals surface area contributed by atoms with E-state index >= 15 is 0 Å². The molecule has 0 aliphatic rings. The first kappa shape index (κ1) is 17.3. The van der Waals surface area contributed by atoms with Crippen LogP contribution in [0.5, 0.6) is 5.75 Å². The molecule has 0 amide bonds. The number of hydrogen-bond acceptors (Lipinski definition) is 3. The van der Waals surface area contributed by atoms with Gasteiger partial charge in [-0.1, -0.05) is 12.1 Å². The van der Waals surface area contributed by atoms with Crippen LogP contribution in [0.4, 0.5) is 0 Å². The Hall–Kier alpha value is -3.08. The molecular weight excluding hydrogens is 338 g/mol. The Bertz CT molecular complexity index is 1170. The maximum Gasteiger partial charge on any atom is 0.280 e. The van der Waals surface area contributed by atoms with E-state index in [9.17, 15) is 4.79 Å². The van der Waals surface area contributed by atoms with E-state index in [0.29, 0.717) is 24.7 Å². The third kappa shape index (κ3) is 2.62. The Balaban J connectivity index is 1.96. The van der Waals surface area contributed by atoms with E-state index in [1.54, 1.807) is 4.57 Å². The van der Waals surface area contributed by atoms with Crippen LogP contribution in [0.2, 0.25) is 0 Å². The summed E-state index contributed by atoms with van der Waals surface area (Å²) in [4.78, 5) is 18.1. The van der Waals surface area contributed by atoms with Crippen molar-refractivity contribution in [3.8, 4) is 5.75 Å². The third-order valence-corrected chi connectivity index (χ3v) is 5.05. The number of carbonyl (C=O) groups excluding carboxylic acids is 1. The highest BCUT2D eigenvalue weighted by atomic mass is 16.5. The predicted molar refractivity (Wildman–Crippen MR) is 108 cm³/mol. The lowest BCUT2D eigenvalue weighted by molar-refractivity contribution is 0.0953. The molecule has 4 aromatic rings. The molecule has 0 unspecified atom stereocenters. The second-order valence-corrected chi connectivity index (χ2v) is 6.62. The number of aromatic nitrogens is 3. The summed E-state index contributed by atoms with van der Waals surface area (Å²) < 4.78 is 9.45. The van der Waals surface area contributed by atoms with Gasteiger partial charge in [0.2, 0.25) is 0 Å². The first-order valence-corrected chi connectivity index (χ1v) is 9.31. The van der Waals surface area contributed by atoms with Crippen LogP contribution in [0.1, 0.15) is 35.7 Å². The van der Waals surface area contributed by atoms with Gasteiger partial charge in [0.05, 0.1) is 17.6 Å². The molecule has 0 atom stereocenters. The minimum absolute atomic E-state index is 0.0466. The fraction of sp³-hybridized carbons (Fsp3) is 0.273. The van der Waals surface area contributed by atoms with Crippen LogP contribution >= 0.6 is 0 Å². The lowest BCUT2D eigenvalue weighted by Gasteiger charge is -2.10. The summed E-state index contributed by atoms with van der Waals surface area (Å²) in [7, 11) is 0. The number of para-hydroxylation sites is 2. The molecule has 0 saturated heterocycles. The van der Waals surface area contributed by atoms with Gasteiger partial charge in [0.1, 0.15) is 17.3 Å². The zero-order valence-electron chi connectivity index (χ0n) is 16.1. The van der Waals surface area contributed by atoms with Gasteiger partial charge in [0.25, 0.3) is 5.91 Å². The van der Waals surface area contributed by atoms with Gasteiger partial charge in [0, 0.05) is 17.4 Å². The molecular formula is C22H23N3O2. The summed E-state index contributed by atoms with van der Waals surface area (Å²) in [6, 6.07) is 13.8. The van der Waals surface area contributed by atoms with E-state index in [1.165, 1.54) is 0 Å². The number of nitrogens with zero attached hydrogens (tertiary/aromatic N) is 3. The summed E-state index contributed by atoms with van der Waals surface area (Å²) in [6.45, 7) is 9.24. The summed E-state index contributed by atoms with van der Waals surface area (Å²) >= 11 is 0. The van der Waals surface area contributed by atoms with Crippen LogP contribution in [0, 0.1) is 13.8 Å². The lowest BCUT2D eigenvalue weighted by Crippen LogP contribution is -2.19. The van der Waals surface area contributed by atoms with Crippen molar-refractivity contribution in [2.24, 2.45) is 0 Å². The quantitative estimate of drug-likeness (QED) is 0.529. The molecule has 0 aliphatic heterocycles. The topological polar surface area (TPSA) is 49.1 Å². The molecule has 0 aliphatic carbocycles. The highest BCUT2D eigenvalue weighted by molar-refractivity contribution is 6.06. The van der Waals surface area contributed by atoms with Crippen molar-refractivity contribution < 1.29 is 9.53 Å². The fourth-order valence-corrected chi connectivity index (χ4v) is 3.87. The number of rotatable bonds is 4. The summed E-state index contributed by atoms with van der Waals surface area (Å²) in [6.07, 6.45) is 0. The van der Waals surface area contributed by atoms with Gasteiger partial charge >= 0.3 is 0 Å². The van der Waals surface area contributed by atoms with Crippen molar-refractivity contribution in [1.82, 2.24) is 14.1 Å². The lowest BCUT2D eigenvalue weighted by atomic mass is 10.1. The highest BCUT2D eigenvalue weighted by Gasteiger charge is 2.24. The van der Waals surface area contributed by atoms with E-state index in [1.807, 2.05) is 63.2 Å². The van der Waals surface area contributed by atoms with Gasteiger partial charge in [-0.25, -0.2) is 4.98 Å². The van der Waals surface area contributed by atoms with Crippen LogP contribution < -0.4 is 4.74 Å². The van der Waals surface area contributed by atoms with Crippen LogP contribution in [-0.2, 0) is 6.54 Å². The van der Waals surface area contributed by atoms with Crippen molar-refractivity contribution >= 4 is 27.8 Å². The molecule has 4 rings (SSSR count). The van der Waals surface area contributed by atoms with E-state index in [-0.39, 0.29) is 5.91 Å². The molecule has 0 fully saturated rings. The predicted octanol–water partition coefficient (Wildman–Crippen LogP) is 4.71. The van der Waals surface area contributed by atoms with Crippen molar-refractivity contribution in [2.45, 2.75) is 34.2 Å². The van der Waals surface area contributed by atoms with Gasteiger partial charge in [0.15, 0.2) is 0 Å². The average molecular weight is 361 g/mol. The summed E-state index contributed by atoms with van der Waals surface area (Å²) in [5.41, 5.74) is 4.38.